The van der Waals surface area contributed by atoms with Crippen LogP contribution in [0.15, 0.2) is 29.0 Å². The van der Waals surface area contributed by atoms with Gasteiger partial charge in [-0.05, 0) is 44.9 Å². The van der Waals surface area contributed by atoms with Crippen molar-refractivity contribution < 1.29 is 9.53 Å². The summed E-state index contributed by atoms with van der Waals surface area (Å²) in [6, 6.07) is 7.96. The van der Waals surface area contributed by atoms with Crippen molar-refractivity contribution in [2.24, 2.45) is 10.2 Å². The summed E-state index contributed by atoms with van der Waals surface area (Å²) in [6.07, 6.45) is 1.98. The van der Waals surface area contributed by atoms with Crippen molar-refractivity contribution in [3.63, 3.8) is 0 Å². The fourth-order valence-corrected chi connectivity index (χ4v) is 5.89. The molecule has 1 aliphatic heterocycles. The van der Waals surface area contributed by atoms with E-state index in [1.165, 1.54) is 0 Å². The summed E-state index contributed by atoms with van der Waals surface area (Å²) in [5.41, 5.74) is -0.272. The largest absolute Gasteiger partial charge is 0.465 e. The van der Waals surface area contributed by atoms with Gasteiger partial charge in [-0.1, -0.05) is 29.6 Å². The normalized spacial score (nSPS) is 21.1. The number of nitrogens with zero attached hydrogens (tertiary/aromatic N) is 2. The molecule has 0 saturated heterocycles. The van der Waals surface area contributed by atoms with Crippen LogP contribution in [0, 0.1) is 5.41 Å². The smallest absolute Gasteiger partial charge is 0.317 e. The molecule has 120 valence electrons. The number of carbonyl (C=O) groups excluding carboxylic acids is 1. The Morgan fingerprint density at radius 1 is 1.45 bits per heavy atom. The first-order valence-corrected chi connectivity index (χ1v) is 11.6. The van der Waals surface area contributed by atoms with Crippen LogP contribution in [-0.4, -0.2) is 31.6 Å². The summed E-state index contributed by atoms with van der Waals surface area (Å²) in [5.74, 6) is -0.268. The Morgan fingerprint density at radius 2 is 2.09 bits per heavy atom. The van der Waals surface area contributed by atoms with Gasteiger partial charge in [0.25, 0.3) is 0 Å². The van der Waals surface area contributed by atoms with Gasteiger partial charge in [-0.25, -0.2) is 4.76 Å². The van der Waals surface area contributed by atoms with E-state index < -0.39 is 11.0 Å². The topological polar surface area (TPSA) is 41.9 Å². The van der Waals surface area contributed by atoms with Crippen LogP contribution in [0.4, 0.5) is 5.69 Å². The predicted molar refractivity (Wildman–Crippen MR) is 99.6 cm³/mol. The van der Waals surface area contributed by atoms with Crippen LogP contribution in [0.3, 0.4) is 0 Å². The maximum absolute atomic E-state index is 12.4. The lowest BCUT2D eigenvalue weighted by Crippen LogP contribution is -2.38. The number of hydrogen-bond acceptors (Lipinski definition) is 4. The highest BCUT2D eigenvalue weighted by atomic mass is 32.9. The van der Waals surface area contributed by atoms with Gasteiger partial charge in [-0.2, -0.15) is 0 Å². The van der Waals surface area contributed by atoms with Gasteiger partial charge in [0.15, 0.2) is 5.54 Å². The number of carbonyl (C=O) groups is 1. The zero-order chi connectivity index (χ0) is 16.5. The molecule has 1 unspecified atom stereocenters. The van der Waals surface area contributed by atoms with Crippen molar-refractivity contribution >= 4 is 46.1 Å². The lowest BCUT2D eigenvalue weighted by molar-refractivity contribution is -0.149. The summed E-state index contributed by atoms with van der Waals surface area (Å²) in [7, 11) is 1.98. The molecule has 22 heavy (non-hydrogen) atoms. The molecule has 1 aliphatic rings. The Labute approximate surface area is 141 Å². The van der Waals surface area contributed by atoms with Gasteiger partial charge in [0, 0.05) is 12.6 Å². The van der Waals surface area contributed by atoms with Gasteiger partial charge in [0.1, 0.15) is 5.41 Å². The second-order valence-electron chi connectivity index (χ2n) is 5.51. The third-order valence-electron chi connectivity index (χ3n) is 3.73. The highest BCUT2D eigenvalue weighted by molar-refractivity contribution is 8.70. The summed E-state index contributed by atoms with van der Waals surface area (Å²) in [6.45, 7) is 5.87. The van der Waals surface area contributed by atoms with Gasteiger partial charge >= 0.3 is 5.97 Å². The fraction of sp³-hybridized carbons (Fsp3) is 0.467. The van der Waals surface area contributed by atoms with E-state index in [4.69, 9.17) is 21.3 Å². The summed E-state index contributed by atoms with van der Waals surface area (Å²) < 4.78 is 12.2. The van der Waals surface area contributed by atoms with Gasteiger partial charge in [-0.15, -0.1) is 0 Å². The molecule has 0 aromatic heterocycles. The van der Waals surface area contributed by atoms with E-state index >= 15 is 0 Å². The quantitative estimate of drug-likeness (QED) is 0.600. The Bertz CT molecular complexity index is 673. The van der Waals surface area contributed by atoms with Gasteiger partial charge < -0.3 is 9.41 Å². The van der Waals surface area contributed by atoms with Crippen LogP contribution in [0.2, 0.25) is 0 Å². The van der Waals surface area contributed by atoms with Crippen LogP contribution in [0.1, 0.15) is 26.3 Å². The zero-order valence-electron chi connectivity index (χ0n) is 13.5. The first-order valence-electron chi connectivity index (χ1n) is 7.05. The van der Waals surface area contributed by atoms with Crippen molar-refractivity contribution in [3.8, 4) is 0 Å². The molecule has 0 aliphatic carbocycles. The first kappa shape index (κ1) is 17.5. The predicted octanol–water partition coefficient (Wildman–Crippen LogP) is 4.10. The molecular formula is C15H21N2O2PS2. The van der Waals surface area contributed by atoms with E-state index in [0.29, 0.717) is 6.61 Å². The van der Waals surface area contributed by atoms with Crippen LogP contribution in [0.5, 0.6) is 0 Å². The van der Waals surface area contributed by atoms with E-state index in [9.17, 15) is 4.79 Å². The molecule has 1 aromatic rings. The van der Waals surface area contributed by atoms with E-state index in [-0.39, 0.29) is 5.97 Å². The average Bonchev–Trinajstić information content (AvgIpc) is 2.51. The molecule has 0 fully saturated rings. The molecule has 0 bridgehead atoms. The molecule has 1 atom stereocenters. The maximum Gasteiger partial charge on any atom is 0.317 e. The standard InChI is InChI=1S/C15H21N2O2PS2/c1-6-19-14(18)15(2,3)13-11-9-7-8-10-12(11)17(4)20(21,16-13)22-5/h7-10H,6H2,1-5H3. The van der Waals surface area contributed by atoms with Crippen LogP contribution in [0.25, 0.3) is 0 Å². The van der Waals surface area contributed by atoms with Crippen molar-refractivity contribution in [1.82, 2.24) is 0 Å². The third-order valence-corrected chi connectivity index (χ3v) is 10.4. The molecule has 0 radical (unpaired) electrons. The number of ether oxygens (including phenoxy) is 1. The lowest BCUT2D eigenvalue weighted by atomic mass is 9.83. The van der Waals surface area contributed by atoms with Gasteiger partial charge in [-0.3, -0.25) is 4.79 Å². The molecule has 0 N–H and O–H groups in total. The molecule has 7 heteroatoms. The monoisotopic (exact) mass is 356 g/mol. The van der Waals surface area contributed by atoms with Crippen LogP contribution < -0.4 is 4.67 Å². The number of benzene rings is 1. The molecule has 2 rings (SSSR count). The van der Waals surface area contributed by atoms with E-state index in [1.54, 1.807) is 11.4 Å². The Kier molecular flexibility index (Phi) is 5.05. The Balaban J connectivity index is 2.65. The summed E-state index contributed by atoms with van der Waals surface area (Å²) in [5, 5.41) is 0. The number of para-hydroxylation sites is 1. The van der Waals surface area contributed by atoms with Crippen LogP contribution >= 0.6 is 16.9 Å². The van der Waals surface area contributed by atoms with Gasteiger partial charge in [0.05, 0.1) is 18.0 Å². The van der Waals surface area contributed by atoms with Crippen molar-refractivity contribution in [1.29, 1.82) is 0 Å². The number of hydrogen-bond donors (Lipinski definition) is 0. The van der Waals surface area contributed by atoms with E-state index in [0.717, 1.165) is 17.0 Å². The Hall–Kier alpha value is -0.840. The first-order chi connectivity index (χ1) is 10.3. The maximum atomic E-state index is 12.4. The van der Waals surface area contributed by atoms with Gasteiger partial charge in [0.2, 0.25) is 0 Å². The highest BCUT2D eigenvalue weighted by Gasteiger charge is 2.42. The molecule has 0 saturated carbocycles. The second kappa shape index (κ2) is 6.34. The van der Waals surface area contributed by atoms with E-state index in [2.05, 4.69) is 4.67 Å². The number of rotatable bonds is 4. The average molecular weight is 356 g/mol. The molecular weight excluding hydrogens is 335 g/mol. The van der Waals surface area contributed by atoms with Crippen molar-refractivity contribution in [2.75, 3.05) is 24.6 Å². The molecule has 1 heterocycles. The highest BCUT2D eigenvalue weighted by Crippen LogP contribution is 2.66. The zero-order valence-corrected chi connectivity index (χ0v) is 16.0. The second-order valence-corrected chi connectivity index (χ2v) is 12.5. The van der Waals surface area contributed by atoms with E-state index in [1.807, 2.05) is 58.3 Å². The van der Waals surface area contributed by atoms with Crippen molar-refractivity contribution in [2.45, 2.75) is 20.8 Å². The fourth-order valence-electron chi connectivity index (χ4n) is 2.37. The SMILES string of the molecule is CCOC(=O)C(C)(C)C1=NP(=S)(SC)N(C)c2ccccc21. The molecule has 0 amide bonds. The minimum atomic E-state index is -2.17. The molecule has 1 aromatic carbocycles. The molecule has 0 spiro atoms. The minimum Gasteiger partial charge on any atom is -0.465 e. The third kappa shape index (κ3) is 2.84. The number of anilines is 1. The molecule has 4 nitrogen and oxygen atoms in total. The number of fused-ring (bicyclic) bond motifs is 1. The summed E-state index contributed by atoms with van der Waals surface area (Å²) >= 11 is 7.39. The Morgan fingerprint density at radius 3 is 2.68 bits per heavy atom. The van der Waals surface area contributed by atoms with Crippen LogP contribution in [-0.2, 0) is 21.3 Å². The minimum absolute atomic E-state index is 0.268. The summed E-state index contributed by atoms with van der Waals surface area (Å²) in [4.78, 5) is 12.4. The number of esters is 1. The lowest BCUT2D eigenvalue weighted by Gasteiger charge is -2.38. The van der Waals surface area contributed by atoms with Crippen molar-refractivity contribution in [3.05, 3.63) is 29.8 Å².